The van der Waals surface area contributed by atoms with E-state index >= 15 is 0 Å². The number of ether oxygens (including phenoxy) is 3. The number of allylic oxidation sites excluding steroid dienone is 1. The molecule has 6 nitrogen and oxygen atoms in total. The normalized spacial score (nSPS) is 10.5. The lowest BCUT2D eigenvalue weighted by molar-refractivity contribution is -0.307. The molecular weight excluding hydrogens is 324 g/mol. The Morgan fingerprint density at radius 3 is 2.52 bits per heavy atom. The van der Waals surface area contributed by atoms with E-state index in [4.69, 9.17) is 14.2 Å². The molecule has 0 aliphatic rings. The molecule has 0 unspecified atom stereocenters. The number of carboxylic acids is 1. The van der Waals surface area contributed by atoms with Gasteiger partial charge in [0.2, 0.25) is 0 Å². The van der Waals surface area contributed by atoms with Crippen LogP contribution < -0.4 is 19.3 Å². The standard InChI is InChI=1S/C19H18O6/c1-23-15-5-3-4-14(11-15)16(20)8-6-13-7-9-17(18(10-13)24-2)25-12-19(21)22/h3-11H,12H2,1-2H3,(H,21,22)/p-1/b8-6+. The van der Waals surface area contributed by atoms with Crippen LogP contribution in [0.1, 0.15) is 15.9 Å². The number of carbonyl (C=O) groups excluding carboxylic acids is 2. The van der Waals surface area contributed by atoms with Crippen molar-refractivity contribution >= 4 is 17.8 Å². The summed E-state index contributed by atoms with van der Waals surface area (Å²) in [5, 5.41) is 10.5. The second kappa shape index (κ2) is 8.54. The minimum absolute atomic E-state index is 0.171. The molecule has 2 aromatic rings. The van der Waals surface area contributed by atoms with Crippen molar-refractivity contribution in [3.63, 3.8) is 0 Å². The lowest BCUT2D eigenvalue weighted by Crippen LogP contribution is -2.29. The second-order valence-electron chi connectivity index (χ2n) is 5.00. The van der Waals surface area contributed by atoms with Crippen molar-refractivity contribution in [2.24, 2.45) is 0 Å². The summed E-state index contributed by atoms with van der Waals surface area (Å²) < 4.78 is 15.3. The molecule has 0 radical (unpaired) electrons. The lowest BCUT2D eigenvalue weighted by atomic mass is 10.1. The molecule has 0 heterocycles. The van der Waals surface area contributed by atoms with E-state index in [2.05, 4.69) is 0 Å². The van der Waals surface area contributed by atoms with Crippen molar-refractivity contribution in [1.82, 2.24) is 0 Å². The molecule has 2 rings (SSSR count). The molecule has 0 N–H and O–H groups in total. The van der Waals surface area contributed by atoms with Gasteiger partial charge in [0, 0.05) is 5.56 Å². The summed E-state index contributed by atoms with van der Waals surface area (Å²) >= 11 is 0. The average Bonchev–Trinajstić information content (AvgIpc) is 2.64. The molecule has 0 aliphatic carbocycles. The number of carbonyl (C=O) groups is 2. The van der Waals surface area contributed by atoms with Gasteiger partial charge < -0.3 is 24.1 Å². The van der Waals surface area contributed by atoms with Crippen LogP contribution in [0.3, 0.4) is 0 Å². The minimum atomic E-state index is -1.32. The van der Waals surface area contributed by atoms with Crippen LogP contribution in [0, 0.1) is 0 Å². The molecule has 0 aromatic heterocycles. The summed E-state index contributed by atoms with van der Waals surface area (Å²) in [6, 6.07) is 11.7. The fourth-order valence-electron chi connectivity index (χ4n) is 2.09. The molecule has 2 aromatic carbocycles. The summed E-state index contributed by atoms with van der Waals surface area (Å²) in [5.74, 6) is -0.249. The molecule has 0 aliphatic heterocycles. The number of rotatable bonds is 8. The third-order valence-electron chi connectivity index (χ3n) is 3.31. The van der Waals surface area contributed by atoms with Crippen molar-refractivity contribution in [1.29, 1.82) is 0 Å². The minimum Gasteiger partial charge on any atom is -0.546 e. The summed E-state index contributed by atoms with van der Waals surface area (Å²) in [4.78, 5) is 22.7. The maximum Gasteiger partial charge on any atom is 0.185 e. The molecule has 0 bridgehead atoms. The molecule has 0 saturated carbocycles. The van der Waals surface area contributed by atoms with Crippen molar-refractivity contribution in [2.75, 3.05) is 20.8 Å². The van der Waals surface area contributed by atoms with Gasteiger partial charge in [0.1, 0.15) is 12.4 Å². The van der Waals surface area contributed by atoms with Crippen LogP contribution in [0.15, 0.2) is 48.5 Å². The van der Waals surface area contributed by atoms with Crippen LogP contribution in [0.25, 0.3) is 6.08 Å². The first-order chi connectivity index (χ1) is 12.0. The van der Waals surface area contributed by atoms with E-state index in [0.29, 0.717) is 22.6 Å². The first-order valence-corrected chi connectivity index (χ1v) is 7.40. The number of benzene rings is 2. The largest absolute Gasteiger partial charge is 0.546 e. The summed E-state index contributed by atoms with van der Waals surface area (Å²) in [7, 11) is 2.98. The van der Waals surface area contributed by atoms with Crippen molar-refractivity contribution in [3.8, 4) is 17.2 Å². The monoisotopic (exact) mass is 341 g/mol. The van der Waals surface area contributed by atoms with Crippen LogP contribution in [0.2, 0.25) is 0 Å². The van der Waals surface area contributed by atoms with E-state index in [9.17, 15) is 14.7 Å². The number of carboxylic acid groups (broad SMARTS) is 1. The number of hydrogen-bond acceptors (Lipinski definition) is 6. The first-order valence-electron chi connectivity index (χ1n) is 7.40. The Morgan fingerprint density at radius 2 is 1.84 bits per heavy atom. The van der Waals surface area contributed by atoms with Crippen LogP contribution in [0.5, 0.6) is 17.2 Å². The summed E-state index contributed by atoms with van der Waals surface area (Å²) in [5.41, 5.74) is 1.21. The molecule has 25 heavy (non-hydrogen) atoms. The Hall–Kier alpha value is -3.28. The number of aliphatic carboxylic acids is 1. The van der Waals surface area contributed by atoms with Gasteiger partial charge in [-0.05, 0) is 35.9 Å². The smallest absolute Gasteiger partial charge is 0.185 e. The molecule has 0 amide bonds. The highest BCUT2D eigenvalue weighted by molar-refractivity contribution is 6.07. The van der Waals surface area contributed by atoms with Crippen LogP contribution >= 0.6 is 0 Å². The topological polar surface area (TPSA) is 84.9 Å². The van der Waals surface area contributed by atoms with E-state index in [1.54, 1.807) is 48.5 Å². The molecule has 6 heteroatoms. The number of ketones is 1. The van der Waals surface area contributed by atoms with Crippen molar-refractivity contribution in [3.05, 3.63) is 59.7 Å². The summed E-state index contributed by atoms with van der Waals surface area (Å²) in [6.45, 7) is -0.570. The van der Waals surface area contributed by atoms with Gasteiger partial charge in [0.05, 0.1) is 20.2 Å². The fourth-order valence-corrected chi connectivity index (χ4v) is 2.09. The second-order valence-corrected chi connectivity index (χ2v) is 5.00. The molecule has 0 atom stereocenters. The van der Waals surface area contributed by atoms with Gasteiger partial charge >= 0.3 is 0 Å². The van der Waals surface area contributed by atoms with Gasteiger partial charge in [-0.1, -0.05) is 24.3 Å². The van der Waals surface area contributed by atoms with Crippen LogP contribution in [-0.4, -0.2) is 32.6 Å². The van der Waals surface area contributed by atoms with E-state index < -0.39 is 12.6 Å². The fraction of sp³-hybridized carbons (Fsp3) is 0.158. The van der Waals surface area contributed by atoms with Gasteiger partial charge in [0.25, 0.3) is 0 Å². The Labute approximate surface area is 145 Å². The zero-order chi connectivity index (χ0) is 18.2. The van der Waals surface area contributed by atoms with Crippen molar-refractivity contribution < 1.29 is 28.9 Å². The Bertz CT molecular complexity index is 794. The molecule has 0 saturated heterocycles. The molecular formula is C19H17O6-. The zero-order valence-electron chi connectivity index (χ0n) is 13.9. The Kier molecular flexibility index (Phi) is 6.17. The quantitative estimate of drug-likeness (QED) is 0.537. The average molecular weight is 341 g/mol. The molecule has 130 valence electrons. The predicted molar refractivity (Wildman–Crippen MR) is 89.9 cm³/mol. The zero-order valence-corrected chi connectivity index (χ0v) is 13.9. The van der Waals surface area contributed by atoms with E-state index in [-0.39, 0.29) is 11.5 Å². The third kappa shape index (κ3) is 5.10. The molecule has 0 spiro atoms. The highest BCUT2D eigenvalue weighted by atomic mass is 16.5. The van der Waals surface area contributed by atoms with Crippen molar-refractivity contribution in [2.45, 2.75) is 0 Å². The maximum atomic E-state index is 12.2. The van der Waals surface area contributed by atoms with Crippen LogP contribution in [0.4, 0.5) is 0 Å². The number of hydrogen-bond donors (Lipinski definition) is 0. The maximum absolute atomic E-state index is 12.2. The molecule has 0 fully saturated rings. The number of methoxy groups -OCH3 is 2. The summed E-state index contributed by atoms with van der Waals surface area (Å²) in [6.07, 6.45) is 3.07. The lowest BCUT2D eigenvalue weighted by Gasteiger charge is -2.11. The van der Waals surface area contributed by atoms with Crippen LogP contribution in [-0.2, 0) is 4.79 Å². The van der Waals surface area contributed by atoms with Gasteiger partial charge in [0.15, 0.2) is 17.3 Å². The first kappa shape index (κ1) is 18.1. The van der Waals surface area contributed by atoms with Gasteiger partial charge in [-0.15, -0.1) is 0 Å². The Morgan fingerprint density at radius 1 is 1.04 bits per heavy atom. The van der Waals surface area contributed by atoms with E-state index in [1.807, 2.05) is 0 Å². The third-order valence-corrected chi connectivity index (χ3v) is 3.31. The van der Waals surface area contributed by atoms with Gasteiger partial charge in [-0.25, -0.2) is 0 Å². The van der Waals surface area contributed by atoms with E-state index in [1.165, 1.54) is 20.3 Å². The Balaban J connectivity index is 2.14. The van der Waals surface area contributed by atoms with E-state index in [0.717, 1.165) is 0 Å². The highest BCUT2D eigenvalue weighted by Gasteiger charge is 2.06. The highest BCUT2D eigenvalue weighted by Crippen LogP contribution is 2.28. The SMILES string of the molecule is COc1cccc(C(=O)/C=C/c2ccc(OCC(=O)[O-])c(OC)c2)c1. The predicted octanol–water partition coefficient (Wildman–Crippen LogP) is 1.73. The van der Waals surface area contributed by atoms with Gasteiger partial charge in [-0.3, -0.25) is 4.79 Å². The van der Waals surface area contributed by atoms with Gasteiger partial charge in [-0.2, -0.15) is 0 Å².